The van der Waals surface area contributed by atoms with Crippen LogP contribution in [0.4, 0.5) is 0 Å². The van der Waals surface area contributed by atoms with E-state index < -0.39 is 17.7 Å². The molecule has 0 radical (unpaired) electrons. The van der Waals surface area contributed by atoms with Gasteiger partial charge in [-0.2, -0.15) is 0 Å². The minimum Gasteiger partial charge on any atom is -0.306 e. The number of hydrazine groups is 1. The number of amides is 3. The largest absolute Gasteiger partial charge is 0.306 e. The van der Waals surface area contributed by atoms with Gasteiger partial charge in [0.25, 0.3) is 5.91 Å². The summed E-state index contributed by atoms with van der Waals surface area (Å²) in [6.07, 6.45) is 6.10. The monoisotopic (exact) mass is 472 g/mol. The molecule has 188 valence electrons. The van der Waals surface area contributed by atoms with Crippen molar-refractivity contribution < 1.29 is 19.6 Å². The van der Waals surface area contributed by atoms with Crippen molar-refractivity contribution >= 4 is 23.8 Å². The zero-order chi connectivity index (χ0) is 25.1. The number of nitrogens with one attached hydrogen (secondary N) is 3. The molecule has 0 aromatic heterocycles. The van der Waals surface area contributed by atoms with Gasteiger partial charge >= 0.3 is 0 Å². The van der Waals surface area contributed by atoms with Crippen LogP contribution < -0.4 is 16.2 Å². The van der Waals surface area contributed by atoms with Gasteiger partial charge in [0, 0.05) is 6.54 Å². The lowest BCUT2D eigenvalue weighted by Crippen LogP contribution is -2.56. The fourth-order valence-corrected chi connectivity index (χ4v) is 4.27. The molecule has 4 N–H and O–H groups in total. The normalized spacial score (nSPS) is 17.7. The maximum Gasteiger partial charge on any atom is 0.258 e. The molecule has 8 heteroatoms. The molecule has 0 spiro atoms. The number of hydrogen-bond acceptors (Lipinski definition) is 5. The molecule has 1 saturated heterocycles. The van der Waals surface area contributed by atoms with Crippen molar-refractivity contribution in [1.82, 2.24) is 21.2 Å². The van der Waals surface area contributed by atoms with E-state index >= 15 is 0 Å². The van der Waals surface area contributed by atoms with E-state index in [9.17, 15) is 19.6 Å². The second-order valence-corrected chi connectivity index (χ2v) is 9.84. The van der Waals surface area contributed by atoms with Gasteiger partial charge in [-0.3, -0.25) is 30.0 Å². The molecule has 0 bridgehead atoms. The minimum atomic E-state index is -0.784. The molecule has 0 unspecified atom stereocenters. The molecule has 0 aliphatic carbocycles. The van der Waals surface area contributed by atoms with Crippen LogP contribution >= 0.6 is 0 Å². The highest BCUT2D eigenvalue weighted by atomic mass is 16.5. The third kappa shape index (κ3) is 8.57. The molecule has 1 fully saturated rings. The summed E-state index contributed by atoms with van der Waals surface area (Å²) in [5.41, 5.74) is 5.53. The van der Waals surface area contributed by atoms with E-state index in [0.717, 1.165) is 24.9 Å². The van der Waals surface area contributed by atoms with Crippen molar-refractivity contribution in [2.45, 2.75) is 59.4 Å². The fraction of sp³-hybridized carbons (Fsp3) is 0.577. The van der Waals surface area contributed by atoms with E-state index in [1.165, 1.54) is 5.01 Å². The fourth-order valence-electron chi connectivity index (χ4n) is 4.27. The van der Waals surface area contributed by atoms with Gasteiger partial charge in [0.15, 0.2) is 0 Å². The van der Waals surface area contributed by atoms with Crippen molar-refractivity contribution in [1.29, 1.82) is 0 Å². The zero-order valence-electron chi connectivity index (χ0n) is 20.8. The second-order valence-electron chi connectivity index (χ2n) is 9.84. The second kappa shape index (κ2) is 13.9. The first-order valence-corrected chi connectivity index (χ1v) is 12.2. The van der Waals surface area contributed by atoms with Gasteiger partial charge < -0.3 is 5.32 Å². The lowest BCUT2D eigenvalue weighted by atomic mass is 9.82. The predicted molar refractivity (Wildman–Crippen MR) is 132 cm³/mol. The van der Waals surface area contributed by atoms with Gasteiger partial charge in [-0.1, -0.05) is 70.2 Å². The van der Waals surface area contributed by atoms with Crippen molar-refractivity contribution in [3.8, 4) is 0 Å². The van der Waals surface area contributed by atoms with E-state index in [4.69, 9.17) is 0 Å². The van der Waals surface area contributed by atoms with Crippen molar-refractivity contribution in [3.05, 3.63) is 42.0 Å². The highest BCUT2D eigenvalue weighted by Crippen LogP contribution is 2.26. The summed E-state index contributed by atoms with van der Waals surface area (Å²) in [4.78, 5) is 39.2. The molecule has 1 aliphatic rings. The van der Waals surface area contributed by atoms with Gasteiger partial charge in [-0.05, 0) is 49.6 Å². The first-order valence-electron chi connectivity index (χ1n) is 12.2. The molecule has 8 nitrogen and oxygen atoms in total. The molecular formula is C26H40N4O4. The molecule has 1 heterocycles. The van der Waals surface area contributed by atoms with Gasteiger partial charge in [-0.25, -0.2) is 5.48 Å². The van der Waals surface area contributed by atoms with E-state index in [1.54, 1.807) is 5.48 Å². The van der Waals surface area contributed by atoms with Crippen LogP contribution in [0.2, 0.25) is 0 Å². The lowest BCUT2D eigenvalue weighted by molar-refractivity contribution is -0.148. The Morgan fingerprint density at radius 1 is 1.09 bits per heavy atom. The Hall–Kier alpha value is -2.71. The Bertz CT molecular complexity index is 819. The number of benzene rings is 1. The minimum absolute atomic E-state index is 0.133. The van der Waals surface area contributed by atoms with Crippen LogP contribution in [0.5, 0.6) is 0 Å². The van der Waals surface area contributed by atoms with Crippen LogP contribution in [0.3, 0.4) is 0 Å². The maximum absolute atomic E-state index is 13.5. The summed E-state index contributed by atoms with van der Waals surface area (Å²) < 4.78 is 0. The Balaban J connectivity index is 2.23. The molecule has 1 aromatic carbocycles. The van der Waals surface area contributed by atoms with Crippen LogP contribution in [-0.2, 0) is 14.4 Å². The number of carbonyl (C=O) groups excluding carboxylic acids is 3. The Morgan fingerprint density at radius 2 is 1.79 bits per heavy atom. The Kier molecular flexibility index (Phi) is 11.2. The first kappa shape index (κ1) is 27.5. The predicted octanol–water partition coefficient (Wildman–Crippen LogP) is 3.14. The molecule has 1 aromatic rings. The van der Waals surface area contributed by atoms with E-state index in [1.807, 2.05) is 70.2 Å². The number of hydrogen-bond donors (Lipinski definition) is 4. The molecule has 3 amide bonds. The van der Waals surface area contributed by atoms with E-state index in [-0.39, 0.29) is 36.1 Å². The molecular weight excluding hydrogens is 432 g/mol. The number of nitrogens with zero attached hydrogens (tertiary/aromatic N) is 1. The van der Waals surface area contributed by atoms with Crippen molar-refractivity contribution in [2.75, 3.05) is 13.1 Å². The summed E-state index contributed by atoms with van der Waals surface area (Å²) in [6, 6.07) is 9.35. The standard InChI is InChI=1S/C26H40N4O4/c1-18(2)16-22(21(25(32)29-34)13-8-12-20-10-6-5-7-11-20)24(31)28-30(17-19(3)4)26(33)23-14-9-15-27-23/h5-8,10-12,18-19,21-23,27,34H,9,13-17H2,1-4H3,(H,28,31)(H,29,32)/b12-8+/t21-,22+,23-/m0/s1. The van der Waals surface area contributed by atoms with Crippen LogP contribution in [0.1, 0.15) is 58.9 Å². The first-order chi connectivity index (χ1) is 16.2. The molecule has 1 aliphatic heterocycles. The van der Waals surface area contributed by atoms with Crippen molar-refractivity contribution in [3.63, 3.8) is 0 Å². The van der Waals surface area contributed by atoms with Crippen LogP contribution in [0, 0.1) is 23.7 Å². The number of hydroxylamine groups is 1. The van der Waals surface area contributed by atoms with Gasteiger partial charge in [-0.15, -0.1) is 0 Å². The number of rotatable bonds is 11. The molecule has 0 saturated carbocycles. The molecule has 2 rings (SSSR count). The SMILES string of the molecule is CC(C)C[C@@H](C(=O)NN(CC(C)C)C(=O)[C@@H]1CCCN1)[C@H](C/C=C/c1ccccc1)C(=O)NO. The van der Waals surface area contributed by atoms with Crippen LogP contribution in [-0.4, -0.2) is 47.1 Å². The average Bonchev–Trinajstić information content (AvgIpc) is 3.34. The lowest BCUT2D eigenvalue weighted by Gasteiger charge is -2.31. The van der Waals surface area contributed by atoms with E-state index in [2.05, 4.69) is 10.7 Å². The van der Waals surface area contributed by atoms with Gasteiger partial charge in [0.05, 0.1) is 17.9 Å². The number of allylic oxidation sites excluding steroid dienone is 1. The quantitative estimate of drug-likeness (QED) is 0.292. The third-order valence-corrected chi connectivity index (χ3v) is 5.91. The van der Waals surface area contributed by atoms with Crippen LogP contribution in [0.15, 0.2) is 36.4 Å². The maximum atomic E-state index is 13.5. The van der Waals surface area contributed by atoms with Crippen LogP contribution in [0.25, 0.3) is 6.08 Å². The molecule has 3 atom stereocenters. The average molecular weight is 473 g/mol. The smallest absolute Gasteiger partial charge is 0.258 e. The Labute approximate surface area is 203 Å². The Morgan fingerprint density at radius 3 is 2.35 bits per heavy atom. The summed E-state index contributed by atoms with van der Waals surface area (Å²) >= 11 is 0. The van der Waals surface area contributed by atoms with Crippen molar-refractivity contribution in [2.24, 2.45) is 23.7 Å². The summed E-state index contributed by atoms with van der Waals surface area (Å²) in [5, 5.41) is 14.0. The molecule has 34 heavy (non-hydrogen) atoms. The third-order valence-electron chi connectivity index (χ3n) is 5.91. The topological polar surface area (TPSA) is 111 Å². The van der Waals surface area contributed by atoms with Gasteiger partial charge in [0.2, 0.25) is 11.8 Å². The summed E-state index contributed by atoms with van der Waals surface area (Å²) in [7, 11) is 0. The summed E-state index contributed by atoms with van der Waals surface area (Å²) in [6.45, 7) is 9.08. The highest BCUT2D eigenvalue weighted by Gasteiger charge is 2.36. The van der Waals surface area contributed by atoms with Gasteiger partial charge in [0.1, 0.15) is 0 Å². The number of carbonyl (C=O) groups is 3. The zero-order valence-corrected chi connectivity index (χ0v) is 20.8. The van der Waals surface area contributed by atoms with E-state index in [0.29, 0.717) is 13.0 Å². The highest BCUT2D eigenvalue weighted by molar-refractivity contribution is 5.90. The summed E-state index contributed by atoms with van der Waals surface area (Å²) in [5.74, 6) is -2.37.